The van der Waals surface area contributed by atoms with Gasteiger partial charge < -0.3 is 4.84 Å². The van der Waals surface area contributed by atoms with Crippen molar-refractivity contribution >= 4 is 17.8 Å². The normalized spacial score (nSPS) is 24.5. The van der Waals surface area contributed by atoms with E-state index in [9.17, 15) is 13.2 Å². The van der Waals surface area contributed by atoms with Crippen LogP contribution >= 0.6 is 11.6 Å². The molecular formula is C10H7ClF3NO. The summed E-state index contributed by atoms with van der Waals surface area (Å²) in [7, 11) is 0. The molecule has 0 aromatic heterocycles. The van der Waals surface area contributed by atoms with Crippen molar-refractivity contribution in [2.45, 2.75) is 18.2 Å². The summed E-state index contributed by atoms with van der Waals surface area (Å²) < 4.78 is 39.0. The van der Waals surface area contributed by atoms with Crippen LogP contribution in [0, 0.1) is 0 Å². The highest BCUT2D eigenvalue weighted by atomic mass is 35.5. The van der Waals surface area contributed by atoms with Crippen molar-refractivity contribution in [2.24, 2.45) is 5.16 Å². The van der Waals surface area contributed by atoms with Crippen LogP contribution in [-0.2, 0) is 10.4 Å². The quantitative estimate of drug-likeness (QED) is 0.746. The van der Waals surface area contributed by atoms with Crippen LogP contribution in [-0.4, -0.2) is 12.4 Å². The highest BCUT2D eigenvalue weighted by Gasteiger charge is 2.60. The van der Waals surface area contributed by atoms with Crippen molar-refractivity contribution in [3.05, 3.63) is 34.9 Å². The molecule has 2 nitrogen and oxygen atoms in total. The second-order valence-corrected chi connectivity index (χ2v) is 3.85. The summed E-state index contributed by atoms with van der Waals surface area (Å²) in [4.78, 5) is 4.53. The maximum Gasteiger partial charge on any atom is 0.435 e. The van der Waals surface area contributed by atoms with Gasteiger partial charge in [-0.1, -0.05) is 28.9 Å². The molecule has 0 fully saturated rings. The van der Waals surface area contributed by atoms with Gasteiger partial charge >= 0.3 is 6.18 Å². The van der Waals surface area contributed by atoms with Gasteiger partial charge in [0.05, 0.1) is 0 Å². The number of oxime groups is 1. The molecule has 6 heteroatoms. The summed E-state index contributed by atoms with van der Waals surface area (Å²) in [5.74, 6) is 0. The van der Waals surface area contributed by atoms with Crippen molar-refractivity contribution in [3.63, 3.8) is 0 Å². The molecule has 1 atom stereocenters. The van der Waals surface area contributed by atoms with E-state index < -0.39 is 11.8 Å². The van der Waals surface area contributed by atoms with Gasteiger partial charge in [-0.2, -0.15) is 13.2 Å². The molecule has 1 aliphatic rings. The highest BCUT2D eigenvalue weighted by molar-refractivity contribution is 6.30. The Bertz CT molecular complexity index is 422. The minimum absolute atomic E-state index is 0.0370. The molecule has 1 aromatic carbocycles. The lowest BCUT2D eigenvalue weighted by molar-refractivity contribution is -0.275. The third kappa shape index (κ3) is 1.65. The molecule has 0 radical (unpaired) electrons. The van der Waals surface area contributed by atoms with Crippen LogP contribution in [0.1, 0.15) is 12.0 Å². The number of benzene rings is 1. The average molecular weight is 250 g/mol. The predicted molar refractivity (Wildman–Crippen MR) is 53.4 cm³/mol. The Labute approximate surface area is 94.6 Å². The zero-order valence-electron chi connectivity index (χ0n) is 7.96. The largest absolute Gasteiger partial charge is 0.435 e. The molecule has 86 valence electrons. The fraction of sp³-hybridized carbons (Fsp3) is 0.300. The molecular weight excluding hydrogens is 243 g/mol. The zero-order chi connectivity index (χ0) is 11.8. The first kappa shape index (κ1) is 11.3. The van der Waals surface area contributed by atoms with Gasteiger partial charge in [0, 0.05) is 23.2 Å². The van der Waals surface area contributed by atoms with E-state index in [0.29, 0.717) is 0 Å². The minimum atomic E-state index is -4.53. The van der Waals surface area contributed by atoms with Crippen LogP contribution in [0.5, 0.6) is 0 Å². The highest BCUT2D eigenvalue weighted by Crippen LogP contribution is 2.46. The molecule has 0 saturated carbocycles. The lowest BCUT2D eigenvalue weighted by Gasteiger charge is -2.29. The Balaban J connectivity index is 2.49. The van der Waals surface area contributed by atoms with Crippen molar-refractivity contribution in [1.29, 1.82) is 0 Å². The van der Waals surface area contributed by atoms with Gasteiger partial charge in [0.15, 0.2) is 0 Å². The summed E-state index contributed by atoms with van der Waals surface area (Å²) in [6.07, 6.45) is -3.76. The van der Waals surface area contributed by atoms with Gasteiger partial charge in [0.25, 0.3) is 5.60 Å². The van der Waals surface area contributed by atoms with Gasteiger partial charge in [-0.3, -0.25) is 0 Å². The third-order valence-electron chi connectivity index (χ3n) is 2.41. The van der Waals surface area contributed by atoms with Crippen LogP contribution in [0.2, 0.25) is 5.02 Å². The van der Waals surface area contributed by atoms with Gasteiger partial charge in [-0.15, -0.1) is 0 Å². The molecule has 1 aliphatic heterocycles. The Kier molecular flexibility index (Phi) is 2.58. The van der Waals surface area contributed by atoms with Crippen molar-refractivity contribution in [2.75, 3.05) is 0 Å². The summed E-state index contributed by atoms with van der Waals surface area (Å²) in [5.41, 5.74) is -2.43. The maximum atomic E-state index is 13.0. The van der Waals surface area contributed by atoms with Gasteiger partial charge in [-0.05, 0) is 12.1 Å². The van der Waals surface area contributed by atoms with Crippen LogP contribution in [0.4, 0.5) is 13.2 Å². The van der Waals surface area contributed by atoms with E-state index in [1.54, 1.807) is 0 Å². The van der Waals surface area contributed by atoms with Crippen molar-refractivity contribution in [1.82, 2.24) is 0 Å². The van der Waals surface area contributed by atoms with Gasteiger partial charge in [-0.25, -0.2) is 0 Å². The SMILES string of the molecule is FC(F)(F)C1(c2cccc(Cl)c2)CC=NO1. The van der Waals surface area contributed by atoms with Gasteiger partial charge in [0.2, 0.25) is 0 Å². The molecule has 1 heterocycles. The number of hydrogen-bond donors (Lipinski definition) is 0. The van der Waals surface area contributed by atoms with Gasteiger partial charge in [0.1, 0.15) is 0 Å². The monoisotopic (exact) mass is 249 g/mol. The van der Waals surface area contributed by atoms with Crippen LogP contribution < -0.4 is 0 Å². The van der Waals surface area contributed by atoms with Crippen molar-refractivity contribution in [3.8, 4) is 0 Å². The fourth-order valence-electron chi connectivity index (χ4n) is 1.57. The molecule has 0 amide bonds. The summed E-state index contributed by atoms with van der Waals surface area (Å²) in [6.45, 7) is 0. The van der Waals surface area contributed by atoms with E-state index in [-0.39, 0.29) is 17.0 Å². The number of nitrogens with zero attached hydrogens (tertiary/aromatic N) is 1. The lowest BCUT2D eigenvalue weighted by atomic mass is 9.90. The predicted octanol–water partition coefficient (Wildman–Crippen LogP) is 3.50. The minimum Gasteiger partial charge on any atom is -0.375 e. The van der Waals surface area contributed by atoms with Crippen LogP contribution in [0.15, 0.2) is 29.4 Å². The van der Waals surface area contributed by atoms with E-state index in [4.69, 9.17) is 11.6 Å². The molecule has 0 bridgehead atoms. The molecule has 2 rings (SSSR count). The van der Waals surface area contributed by atoms with E-state index in [0.717, 1.165) is 6.21 Å². The Morgan fingerprint density at radius 1 is 1.38 bits per heavy atom. The topological polar surface area (TPSA) is 21.6 Å². The molecule has 0 N–H and O–H groups in total. The van der Waals surface area contributed by atoms with E-state index >= 15 is 0 Å². The number of alkyl halides is 3. The molecule has 0 aliphatic carbocycles. The molecule has 1 aromatic rings. The van der Waals surface area contributed by atoms with Crippen molar-refractivity contribution < 1.29 is 18.0 Å². The van der Waals surface area contributed by atoms with E-state index in [1.807, 2.05) is 0 Å². The maximum absolute atomic E-state index is 13.0. The first-order chi connectivity index (χ1) is 7.46. The molecule has 16 heavy (non-hydrogen) atoms. The Morgan fingerprint density at radius 2 is 2.12 bits per heavy atom. The smallest absolute Gasteiger partial charge is 0.375 e. The lowest BCUT2D eigenvalue weighted by Crippen LogP contribution is -2.42. The van der Waals surface area contributed by atoms with E-state index in [2.05, 4.69) is 9.99 Å². The standard InChI is InChI=1S/C10H7ClF3NO/c11-8-3-1-2-7(6-8)9(10(12,13)14)4-5-15-16-9/h1-3,5-6H,4H2. The number of rotatable bonds is 1. The van der Waals surface area contributed by atoms with Crippen LogP contribution in [0.3, 0.4) is 0 Å². The average Bonchev–Trinajstić information content (AvgIpc) is 2.66. The van der Waals surface area contributed by atoms with E-state index in [1.165, 1.54) is 24.3 Å². The fourth-order valence-corrected chi connectivity index (χ4v) is 1.76. The number of hydrogen-bond acceptors (Lipinski definition) is 2. The van der Waals surface area contributed by atoms with Crippen LogP contribution in [0.25, 0.3) is 0 Å². The second kappa shape index (κ2) is 3.66. The Hall–Kier alpha value is -1.23. The first-order valence-corrected chi connectivity index (χ1v) is 4.86. The Morgan fingerprint density at radius 3 is 2.62 bits per heavy atom. The summed E-state index contributed by atoms with van der Waals surface area (Å²) in [5, 5.41) is 3.45. The zero-order valence-corrected chi connectivity index (χ0v) is 8.72. The molecule has 0 saturated heterocycles. The third-order valence-corrected chi connectivity index (χ3v) is 2.65. The summed E-state index contributed by atoms with van der Waals surface area (Å²) in [6, 6.07) is 5.52. The second-order valence-electron chi connectivity index (χ2n) is 3.42. The molecule has 1 unspecified atom stereocenters. The number of halogens is 4. The first-order valence-electron chi connectivity index (χ1n) is 4.48. The molecule has 0 spiro atoms. The summed E-state index contributed by atoms with van der Waals surface area (Å²) >= 11 is 5.67.